The lowest BCUT2D eigenvalue weighted by Crippen LogP contribution is -2.40. The topological polar surface area (TPSA) is 46.3 Å². The maximum absolute atomic E-state index is 12.4. The van der Waals surface area contributed by atoms with Gasteiger partial charge in [-0.05, 0) is 36.6 Å². The molecule has 1 amide bonds. The summed E-state index contributed by atoms with van der Waals surface area (Å²) in [4.78, 5) is 14.3. The van der Waals surface area contributed by atoms with Crippen LogP contribution < -0.4 is 5.73 Å². The Morgan fingerprint density at radius 3 is 2.22 bits per heavy atom. The molecule has 2 unspecified atom stereocenters. The molecule has 0 saturated heterocycles. The van der Waals surface area contributed by atoms with E-state index < -0.39 is 0 Å². The van der Waals surface area contributed by atoms with Crippen LogP contribution in [-0.2, 0) is 4.79 Å². The monoisotopic (exact) mass is 274 g/mol. The van der Waals surface area contributed by atoms with Crippen LogP contribution in [0.1, 0.15) is 39.5 Å². The van der Waals surface area contributed by atoms with Crippen LogP contribution in [0.5, 0.6) is 0 Å². The lowest BCUT2D eigenvalue weighted by atomic mass is 9.93. The number of nitrogens with zero attached hydrogens (tertiary/aromatic N) is 1. The largest absolute Gasteiger partial charge is 0.345 e. The summed E-state index contributed by atoms with van der Waals surface area (Å²) in [6.45, 7) is 5.65. The molecular weight excluding hydrogens is 248 g/mol. The number of nitrogens with two attached hydrogens (primary N) is 1. The fraction of sp³-hybridized carbons (Fsp3) is 0.929. The second-order valence-corrected chi connectivity index (χ2v) is 6.70. The van der Waals surface area contributed by atoms with E-state index in [1.165, 1.54) is 25.7 Å². The maximum atomic E-state index is 12.4. The Hall–Kier alpha value is -0.280. The van der Waals surface area contributed by atoms with E-state index in [2.05, 4.69) is 13.8 Å². The number of hydrogen-bond donors (Lipinski definition) is 1. The molecule has 2 aliphatic carbocycles. The zero-order valence-corrected chi connectivity index (χ0v) is 12.6. The third-order valence-corrected chi connectivity index (χ3v) is 4.54. The van der Waals surface area contributed by atoms with Gasteiger partial charge < -0.3 is 10.6 Å². The first kappa shape index (κ1) is 15.8. The van der Waals surface area contributed by atoms with Crippen LogP contribution >= 0.6 is 12.4 Å². The molecule has 0 aliphatic heterocycles. The molecular formula is C14H27ClN2O. The highest BCUT2D eigenvalue weighted by Crippen LogP contribution is 2.56. The number of halogens is 1. The highest BCUT2D eigenvalue weighted by Gasteiger charge is 2.55. The number of amides is 1. The van der Waals surface area contributed by atoms with Gasteiger partial charge in [0.2, 0.25) is 5.91 Å². The number of carbonyl (C=O) groups is 1. The Balaban J connectivity index is 0.00000162. The van der Waals surface area contributed by atoms with E-state index in [4.69, 9.17) is 5.73 Å². The Morgan fingerprint density at radius 2 is 1.78 bits per heavy atom. The summed E-state index contributed by atoms with van der Waals surface area (Å²) in [6, 6.07) is 0. The average molecular weight is 275 g/mol. The molecule has 0 bridgehead atoms. The van der Waals surface area contributed by atoms with Crippen molar-refractivity contribution in [3.63, 3.8) is 0 Å². The lowest BCUT2D eigenvalue weighted by Gasteiger charge is -2.29. The van der Waals surface area contributed by atoms with Gasteiger partial charge in [0, 0.05) is 19.5 Å². The molecule has 2 aliphatic rings. The minimum Gasteiger partial charge on any atom is -0.345 e. The molecule has 18 heavy (non-hydrogen) atoms. The van der Waals surface area contributed by atoms with E-state index in [0.29, 0.717) is 30.2 Å². The third kappa shape index (κ3) is 3.18. The van der Waals surface area contributed by atoms with Crippen molar-refractivity contribution in [1.82, 2.24) is 4.90 Å². The highest BCUT2D eigenvalue weighted by molar-refractivity contribution is 5.85. The number of hydrogen-bond acceptors (Lipinski definition) is 2. The fourth-order valence-corrected chi connectivity index (χ4v) is 3.40. The van der Waals surface area contributed by atoms with Crippen molar-refractivity contribution < 1.29 is 4.79 Å². The van der Waals surface area contributed by atoms with Gasteiger partial charge in [0.1, 0.15) is 0 Å². The van der Waals surface area contributed by atoms with E-state index in [1.807, 2.05) is 11.9 Å². The first-order valence-corrected chi connectivity index (χ1v) is 6.91. The number of rotatable bonds is 4. The summed E-state index contributed by atoms with van der Waals surface area (Å²) in [5, 5.41) is 0. The summed E-state index contributed by atoms with van der Waals surface area (Å²) < 4.78 is 0. The van der Waals surface area contributed by atoms with Crippen molar-refractivity contribution in [2.75, 3.05) is 20.1 Å². The number of fused-ring (bicyclic) bond motifs is 1. The minimum atomic E-state index is 0. The summed E-state index contributed by atoms with van der Waals surface area (Å²) >= 11 is 0. The molecule has 2 saturated carbocycles. The maximum Gasteiger partial charge on any atom is 0.226 e. The van der Waals surface area contributed by atoms with E-state index in [-0.39, 0.29) is 17.8 Å². The summed E-state index contributed by atoms with van der Waals surface area (Å²) in [5.74, 6) is 2.12. The van der Waals surface area contributed by atoms with Gasteiger partial charge in [-0.1, -0.05) is 26.7 Å². The van der Waals surface area contributed by atoms with Crippen LogP contribution in [0.15, 0.2) is 0 Å². The van der Waals surface area contributed by atoms with E-state index in [1.54, 1.807) is 0 Å². The SMILES string of the molecule is CN(CC(C)(C)CN)C(=O)C1C2CCCCC21.Cl. The van der Waals surface area contributed by atoms with Gasteiger partial charge in [-0.25, -0.2) is 0 Å². The standard InChI is InChI=1S/C14H26N2O.ClH/c1-14(2,8-15)9-16(3)13(17)12-10-6-4-5-7-11(10)12;/h10-12H,4-9,15H2,1-3H3;1H. The van der Waals surface area contributed by atoms with Gasteiger partial charge in [-0.3, -0.25) is 4.79 Å². The van der Waals surface area contributed by atoms with Crippen molar-refractivity contribution in [1.29, 1.82) is 0 Å². The average Bonchev–Trinajstić information content (AvgIpc) is 3.01. The summed E-state index contributed by atoms with van der Waals surface area (Å²) in [5.41, 5.74) is 5.76. The molecule has 0 aromatic carbocycles. The first-order chi connectivity index (χ1) is 7.96. The van der Waals surface area contributed by atoms with Crippen LogP contribution in [0.25, 0.3) is 0 Å². The molecule has 0 aromatic heterocycles. The molecule has 106 valence electrons. The first-order valence-electron chi connectivity index (χ1n) is 6.91. The molecule has 2 atom stereocenters. The summed E-state index contributed by atoms with van der Waals surface area (Å²) in [6.07, 6.45) is 5.19. The van der Waals surface area contributed by atoms with Crippen LogP contribution in [0, 0.1) is 23.2 Å². The van der Waals surface area contributed by atoms with Gasteiger partial charge in [0.05, 0.1) is 0 Å². The fourth-order valence-electron chi connectivity index (χ4n) is 3.40. The zero-order chi connectivity index (χ0) is 12.6. The Labute approximate surface area is 117 Å². The van der Waals surface area contributed by atoms with E-state index >= 15 is 0 Å². The molecule has 0 radical (unpaired) electrons. The molecule has 2 rings (SSSR count). The van der Waals surface area contributed by atoms with Crippen LogP contribution in [0.2, 0.25) is 0 Å². The second kappa shape index (κ2) is 5.79. The molecule has 4 heteroatoms. The third-order valence-electron chi connectivity index (χ3n) is 4.54. The van der Waals surface area contributed by atoms with Gasteiger partial charge >= 0.3 is 0 Å². The minimum absolute atomic E-state index is 0. The summed E-state index contributed by atoms with van der Waals surface area (Å²) in [7, 11) is 1.93. The predicted octanol–water partition coefficient (Wildman–Crippen LogP) is 2.29. The molecule has 2 fully saturated rings. The Kier molecular flexibility index (Phi) is 5.07. The van der Waals surface area contributed by atoms with Gasteiger partial charge in [-0.15, -0.1) is 12.4 Å². The Bertz CT molecular complexity index is 294. The van der Waals surface area contributed by atoms with E-state index in [9.17, 15) is 4.79 Å². The van der Waals surface area contributed by atoms with Gasteiger partial charge in [0.15, 0.2) is 0 Å². The van der Waals surface area contributed by atoms with Crippen molar-refractivity contribution in [3.05, 3.63) is 0 Å². The van der Waals surface area contributed by atoms with Crippen molar-refractivity contribution in [3.8, 4) is 0 Å². The lowest BCUT2D eigenvalue weighted by molar-refractivity contribution is -0.133. The predicted molar refractivity (Wildman–Crippen MR) is 76.7 cm³/mol. The zero-order valence-electron chi connectivity index (χ0n) is 11.8. The van der Waals surface area contributed by atoms with Crippen LogP contribution in [-0.4, -0.2) is 30.9 Å². The normalized spacial score (nSPS) is 30.1. The van der Waals surface area contributed by atoms with Gasteiger partial charge in [-0.2, -0.15) is 0 Å². The molecule has 3 nitrogen and oxygen atoms in total. The Morgan fingerprint density at radius 1 is 1.28 bits per heavy atom. The number of carbonyl (C=O) groups excluding carboxylic acids is 1. The smallest absolute Gasteiger partial charge is 0.226 e. The van der Waals surface area contributed by atoms with Crippen molar-refractivity contribution in [2.45, 2.75) is 39.5 Å². The van der Waals surface area contributed by atoms with Crippen molar-refractivity contribution >= 4 is 18.3 Å². The quantitative estimate of drug-likeness (QED) is 0.855. The van der Waals surface area contributed by atoms with Crippen LogP contribution in [0.3, 0.4) is 0 Å². The molecule has 2 N–H and O–H groups in total. The van der Waals surface area contributed by atoms with Crippen molar-refractivity contribution in [2.24, 2.45) is 28.9 Å². The van der Waals surface area contributed by atoms with Gasteiger partial charge in [0.25, 0.3) is 0 Å². The second-order valence-electron chi connectivity index (χ2n) is 6.70. The van der Waals surface area contributed by atoms with E-state index in [0.717, 1.165) is 6.54 Å². The highest BCUT2D eigenvalue weighted by atomic mass is 35.5. The molecule has 0 heterocycles. The van der Waals surface area contributed by atoms with Crippen LogP contribution in [0.4, 0.5) is 0 Å². The molecule has 0 spiro atoms. The molecule has 0 aromatic rings.